The van der Waals surface area contributed by atoms with Crippen LogP contribution in [0.4, 0.5) is 0 Å². The van der Waals surface area contributed by atoms with Gasteiger partial charge in [0.1, 0.15) is 0 Å². The van der Waals surface area contributed by atoms with Gasteiger partial charge in [0.05, 0.1) is 0 Å². The molecule has 1 spiro atoms. The van der Waals surface area contributed by atoms with Crippen LogP contribution in [0, 0.1) is 16.7 Å². The van der Waals surface area contributed by atoms with Crippen molar-refractivity contribution in [3.05, 3.63) is 12.2 Å². The molecule has 1 heterocycles. The van der Waals surface area contributed by atoms with Gasteiger partial charge in [0, 0.05) is 19.5 Å². The Kier molecular flexibility index (Phi) is 4.61. The van der Waals surface area contributed by atoms with Crippen molar-refractivity contribution in [3.8, 4) is 0 Å². The average Bonchev–Trinajstić information content (AvgIpc) is 2.38. The molecule has 2 unspecified atom stereocenters. The summed E-state index contributed by atoms with van der Waals surface area (Å²) in [4.78, 5) is 14.7. The second-order valence-electron chi connectivity index (χ2n) is 8.10. The highest BCUT2D eigenvalue weighted by atomic mass is 16.2. The number of carbonyl (C=O) groups is 1. The second kappa shape index (κ2) is 5.91. The van der Waals surface area contributed by atoms with Crippen LogP contribution in [0.3, 0.4) is 0 Å². The first-order chi connectivity index (χ1) is 9.32. The number of rotatable bonds is 2. The van der Waals surface area contributed by atoms with E-state index in [1.807, 2.05) is 0 Å². The molecule has 2 nitrogen and oxygen atoms in total. The normalized spacial score (nSPS) is 28.7. The molecule has 1 amide bonds. The highest BCUT2D eigenvalue weighted by Gasteiger charge is 2.37. The van der Waals surface area contributed by atoms with Gasteiger partial charge < -0.3 is 4.90 Å². The second-order valence-corrected chi connectivity index (χ2v) is 8.10. The minimum Gasteiger partial charge on any atom is -0.342 e. The van der Waals surface area contributed by atoms with Crippen LogP contribution in [0.5, 0.6) is 0 Å². The van der Waals surface area contributed by atoms with Crippen molar-refractivity contribution in [2.24, 2.45) is 16.7 Å². The highest BCUT2D eigenvalue weighted by Crippen LogP contribution is 2.41. The van der Waals surface area contributed by atoms with Gasteiger partial charge in [-0.2, -0.15) is 0 Å². The number of hydrogen-bond donors (Lipinski definition) is 0. The first-order valence-electron chi connectivity index (χ1n) is 8.25. The third kappa shape index (κ3) is 3.65. The van der Waals surface area contributed by atoms with Gasteiger partial charge in [-0.05, 0) is 48.9 Å². The molecule has 1 fully saturated rings. The number of amides is 1. The van der Waals surface area contributed by atoms with Crippen LogP contribution in [-0.2, 0) is 4.79 Å². The monoisotopic (exact) mass is 277 g/mol. The predicted octanol–water partition coefficient (Wildman–Crippen LogP) is 4.41. The van der Waals surface area contributed by atoms with Gasteiger partial charge in [0.15, 0.2) is 0 Å². The molecule has 0 aromatic carbocycles. The molecule has 0 aromatic rings. The molecule has 2 atom stereocenters. The van der Waals surface area contributed by atoms with Crippen molar-refractivity contribution in [2.75, 3.05) is 13.1 Å². The van der Waals surface area contributed by atoms with E-state index in [9.17, 15) is 4.79 Å². The fourth-order valence-electron chi connectivity index (χ4n) is 3.43. The Morgan fingerprint density at radius 2 is 2.05 bits per heavy atom. The number of allylic oxidation sites excluding steroid dienone is 2. The Balaban J connectivity index is 1.95. The Bertz CT molecular complexity index is 379. The number of piperidine rings is 1. The van der Waals surface area contributed by atoms with Crippen LogP contribution in [0.1, 0.15) is 66.2 Å². The quantitative estimate of drug-likeness (QED) is 0.685. The van der Waals surface area contributed by atoms with E-state index in [1.165, 1.54) is 32.1 Å². The summed E-state index contributed by atoms with van der Waals surface area (Å²) in [7, 11) is 0. The van der Waals surface area contributed by atoms with Gasteiger partial charge in [-0.25, -0.2) is 0 Å². The van der Waals surface area contributed by atoms with Crippen LogP contribution >= 0.6 is 0 Å². The summed E-state index contributed by atoms with van der Waals surface area (Å²) in [5.41, 5.74) is 0.615. The Morgan fingerprint density at radius 3 is 2.65 bits per heavy atom. The molecule has 2 rings (SSSR count). The predicted molar refractivity (Wildman–Crippen MR) is 84.5 cm³/mol. The Hall–Kier alpha value is -0.790. The molecule has 20 heavy (non-hydrogen) atoms. The smallest absolute Gasteiger partial charge is 0.222 e. The van der Waals surface area contributed by atoms with E-state index in [0.717, 1.165) is 13.1 Å². The fourth-order valence-corrected chi connectivity index (χ4v) is 3.43. The first kappa shape index (κ1) is 15.6. The van der Waals surface area contributed by atoms with Crippen molar-refractivity contribution in [1.82, 2.24) is 4.90 Å². The third-order valence-corrected chi connectivity index (χ3v) is 5.53. The summed E-state index contributed by atoms with van der Waals surface area (Å²) >= 11 is 0. The molecule has 1 aliphatic heterocycles. The van der Waals surface area contributed by atoms with Crippen molar-refractivity contribution in [2.45, 2.75) is 66.2 Å². The molecular weight excluding hydrogens is 246 g/mol. The molecule has 0 saturated carbocycles. The lowest BCUT2D eigenvalue weighted by molar-refractivity contribution is -0.136. The lowest BCUT2D eigenvalue weighted by Gasteiger charge is -2.44. The van der Waals surface area contributed by atoms with Crippen LogP contribution in [0.2, 0.25) is 0 Å². The summed E-state index contributed by atoms with van der Waals surface area (Å²) in [5.74, 6) is 0.820. The molecule has 2 heteroatoms. The Morgan fingerprint density at radius 1 is 1.30 bits per heavy atom. The zero-order valence-corrected chi connectivity index (χ0v) is 13.7. The van der Waals surface area contributed by atoms with E-state index in [-0.39, 0.29) is 5.41 Å². The number of nitrogens with zero attached hydrogens (tertiary/aromatic N) is 1. The van der Waals surface area contributed by atoms with Crippen LogP contribution in [-0.4, -0.2) is 23.9 Å². The third-order valence-electron chi connectivity index (χ3n) is 5.53. The molecule has 0 bridgehead atoms. The minimum atomic E-state index is 0.219. The van der Waals surface area contributed by atoms with Gasteiger partial charge in [-0.3, -0.25) is 4.79 Å². The van der Waals surface area contributed by atoms with E-state index < -0.39 is 0 Å². The molecule has 2 aliphatic rings. The van der Waals surface area contributed by atoms with Gasteiger partial charge >= 0.3 is 0 Å². The maximum absolute atomic E-state index is 12.6. The van der Waals surface area contributed by atoms with Crippen molar-refractivity contribution in [3.63, 3.8) is 0 Å². The largest absolute Gasteiger partial charge is 0.342 e. The zero-order chi connectivity index (χ0) is 14.8. The standard InChI is InChI=1S/C18H31NO/c1-15(17(2,3)4)13-16(20)19-12-8-11-18(14-19)9-6-5-7-10-18/h5-6,15H,7-14H2,1-4H3. The van der Waals surface area contributed by atoms with Crippen LogP contribution < -0.4 is 0 Å². The van der Waals surface area contributed by atoms with E-state index in [4.69, 9.17) is 0 Å². The average molecular weight is 277 g/mol. The summed E-state index contributed by atoms with van der Waals surface area (Å²) in [6, 6.07) is 0. The van der Waals surface area contributed by atoms with Gasteiger partial charge in [-0.1, -0.05) is 39.8 Å². The Labute approximate surface area is 124 Å². The van der Waals surface area contributed by atoms with Crippen molar-refractivity contribution in [1.29, 1.82) is 0 Å². The molecule has 0 aromatic heterocycles. The number of carbonyl (C=O) groups excluding carboxylic acids is 1. The van der Waals surface area contributed by atoms with E-state index in [0.29, 0.717) is 23.7 Å². The lowest BCUT2D eigenvalue weighted by atomic mass is 9.71. The lowest BCUT2D eigenvalue weighted by Crippen LogP contribution is -2.47. The van der Waals surface area contributed by atoms with E-state index in [2.05, 4.69) is 44.7 Å². The van der Waals surface area contributed by atoms with Crippen LogP contribution in [0.15, 0.2) is 12.2 Å². The summed E-state index contributed by atoms with van der Waals surface area (Å²) < 4.78 is 0. The summed E-state index contributed by atoms with van der Waals surface area (Å²) in [6.07, 6.45) is 11.5. The maximum atomic E-state index is 12.6. The maximum Gasteiger partial charge on any atom is 0.222 e. The minimum absolute atomic E-state index is 0.219. The fraction of sp³-hybridized carbons (Fsp3) is 0.833. The zero-order valence-electron chi connectivity index (χ0n) is 13.7. The number of hydrogen-bond acceptors (Lipinski definition) is 1. The topological polar surface area (TPSA) is 20.3 Å². The van der Waals surface area contributed by atoms with Gasteiger partial charge in [0.25, 0.3) is 0 Å². The molecule has 0 radical (unpaired) electrons. The van der Waals surface area contributed by atoms with Gasteiger partial charge in [-0.15, -0.1) is 0 Å². The molecule has 114 valence electrons. The first-order valence-corrected chi connectivity index (χ1v) is 8.25. The highest BCUT2D eigenvalue weighted by molar-refractivity contribution is 5.76. The molecule has 1 aliphatic carbocycles. The molecule has 0 N–H and O–H groups in total. The molecular formula is C18H31NO. The van der Waals surface area contributed by atoms with Crippen molar-refractivity contribution < 1.29 is 4.79 Å². The van der Waals surface area contributed by atoms with E-state index in [1.54, 1.807) is 0 Å². The number of likely N-dealkylation sites (tertiary alicyclic amines) is 1. The molecule has 1 saturated heterocycles. The van der Waals surface area contributed by atoms with Crippen molar-refractivity contribution >= 4 is 5.91 Å². The summed E-state index contributed by atoms with van der Waals surface area (Å²) in [6.45, 7) is 10.9. The van der Waals surface area contributed by atoms with Gasteiger partial charge in [0.2, 0.25) is 5.91 Å². The SMILES string of the molecule is CC(CC(=O)N1CCCC2(CC=CCC2)C1)C(C)(C)C. The van der Waals surface area contributed by atoms with E-state index >= 15 is 0 Å². The van der Waals surface area contributed by atoms with Crippen LogP contribution in [0.25, 0.3) is 0 Å². The summed E-state index contributed by atoms with van der Waals surface area (Å²) in [5, 5.41) is 0.